The standard InChI is InChI=1S/C14H15N3O4/c1-3-21-13(16-20)12(18)11-8-17(2)14(19)9-6-4-5-7-10(9)15-11/h4-7,20H,3,8H2,1-2H3. The average molecular weight is 289 g/mol. The van der Waals surface area contributed by atoms with Crippen molar-refractivity contribution < 1.29 is 19.5 Å². The van der Waals surface area contributed by atoms with Crippen LogP contribution in [0.1, 0.15) is 17.3 Å². The molecule has 1 aliphatic heterocycles. The molecule has 0 bridgehead atoms. The van der Waals surface area contributed by atoms with E-state index < -0.39 is 11.7 Å². The maximum Gasteiger partial charge on any atom is 0.300 e. The number of rotatable bonds is 3. The van der Waals surface area contributed by atoms with Crippen LogP contribution in [0.5, 0.6) is 0 Å². The van der Waals surface area contributed by atoms with Gasteiger partial charge in [-0.2, -0.15) is 0 Å². The molecule has 1 amide bonds. The van der Waals surface area contributed by atoms with Crippen molar-refractivity contribution in [3.63, 3.8) is 0 Å². The number of nitrogens with zero attached hydrogens (tertiary/aromatic N) is 3. The van der Waals surface area contributed by atoms with E-state index in [0.717, 1.165) is 0 Å². The molecule has 0 atom stereocenters. The summed E-state index contributed by atoms with van der Waals surface area (Å²) in [6.45, 7) is 1.86. The molecule has 0 spiro atoms. The molecule has 0 aromatic heterocycles. The van der Waals surface area contributed by atoms with Gasteiger partial charge in [-0.15, -0.1) is 0 Å². The predicted molar refractivity (Wildman–Crippen MR) is 76.4 cm³/mol. The van der Waals surface area contributed by atoms with Crippen LogP contribution in [-0.2, 0) is 9.53 Å². The van der Waals surface area contributed by atoms with Crippen LogP contribution >= 0.6 is 0 Å². The van der Waals surface area contributed by atoms with Crippen LogP contribution in [0.15, 0.2) is 34.4 Å². The summed E-state index contributed by atoms with van der Waals surface area (Å²) in [7, 11) is 1.57. The summed E-state index contributed by atoms with van der Waals surface area (Å²) in [6.07, 6.45) is 0. The van der Waals surface area contributed by atoms with Gasteiger partial charge in [0.1, 0.15) is 5.71 Å². The molecule has 1 aromatic rings. The third kappa shape index (κ3) is 2.91. The lowest BCUT2D eigenvalue weighted by atomic mass is 10.1. The Morgan fingerprint density at radius 2 is 2.19 bits per heavy atom. The zero-order valence-corrected chi connectivity index (χ0v) is 11.7. The summed E-state index contributed by atoms with van der Waals surface area (Å²) in [5, 5.41) is 11.7. The van der Waals surface area contributed by atoms with E-state index in [9.17, 15) is 9.59 Å². The topological polar surface area (TPSA) is 91.6 Å². The van der Waals surface area contributed by atoms with Gasteiger partial charge in [0.25, 0.3) is 17.6 Å². The van der Waals surface area contributed by atoms with E-state index in [1.165, 1.54) is 4.90 Å². The Labute approximate surface area is 121 Å². The van der Waals surface area contributed by atoms with E-state index >= 15 is 0 Å². The van der Waals surface area contributed by atoms with E-state index in [4.69, 9.17) is 9.94 Å². The van der Waals surface area contributed by atoms with Gasteiger partial charge in [0.15, 0.2) is 0 Å². The van der Waals surface area contributed by atoms with Gasteiger partial charge < -0.3 is 14.8 Å². The number of aliphatic imine (C=N–C) groups is 1. The largest absolute Gasteiger partial charge is 0.473 e. The molecule has 1 heterocycles. The van der Waals surface area contributed by atoms with E-state index in [1.807, 2.05) is 0 Å². The number of ether oxygens (including phenoxy) is 1. The number of oxime groups is 1. The summed E-state index contributed by atoms with van der Waals surface area (Å²) < 4.78 is 4.96. The van der Waals surface area contributed by atoms with Crippen molar-refractivity contribution in [2.75, 3.05) is 20.2 Å². The second kappa shape index (κ2) is 6.17. The fourth-order valence-electron chi connectivity index (χ4n) is 1.96. The number of Topliss-reactive ketones (excluding diaryl/α,β-unsaturated/α-hetero) is 1. The van der Waals surface area contributed by atoms with Gasteiger partial charge in [-0.05, 0) is 24.2 Å². The van der Waals surface area contributed by atoms with E-state index in [0.29, 0.717) is 11.3 Å². The zero-order chi connectivity index (χ0) is 15.4. The third-order valence-electron chi connectivity index (χ3n) is 2.95. The van der Waals surface area contributed by atoms with Gasteiger partial charge in [-0.1, -0.05) is 12.1 Å². The minimum absolute atomic E-state index is 0.0123. The molecule has 2 rings (SSSR count). The van der Waals surface area contributed by atoms with Crippen LogP contribution in [0.4, 0.5) is 5.69 Å². The second-order valence-corrected chi connectivity index (χ2v) is 4.40. The Balaban J connectivity index is 2.44. The lowest BCUT2D eigenvalue weighted by molar-refractivity contribution is -0.109. The molecule has 110 valence electrons. The van der Waals surface area contributed by atoms with Crippen molar-refractivity contribution in [2.45, 2.75) is 6.92 Å². The van der Waals surface area contributed by atoms with Gasteiger partial charge in [-0.25, -0.2) is 4.99 Å². The normalized spacial score (nSPS) is 15.1. The zero-order valence-electron chi connectivity index (χ0n) is 11.7. The summed E-state index contributed by atoms with van der Waals surface area (Å²) >= 11 is 0. The second-order valence-electron chi connectivity index (χ2n) is 4.40. The average Bonchev–Trinajstić information content (AvgIpc) is 2.62. The Morgan fingerprint density at radius 1 is 1.48 bits per heavy atom. The lowest BCUT2D eigenvalue weighted by Crippen LogP contribution is -2.37. The minimum Gasteiger partial charge on any atom is -0.473 e. The molecule has 0 fully saturated rings. The third-order valence-corrected chi connectivity index (χ3v) is 2.95. The highest BCUT2D eigenvalue weighted by Gasteiger charge is 2.28. The molecule has 21 heavy (non-hydrogen) atoms. The smallest absolute Gasteiger partial charge is 0.300 e. The number of benzene rings is 1. The molecule has 1 aliphatic rings. The van der Waals surface area contributed by atoms with Gasteiger partial charge in [0.2, 0.25) is 0 Å². The van der Waals surface area contributed by atoms with Crippen molar-refractivity contribution in [2.24, 2.45) is 10.1 Å². The molecule has 0 unspecified atom stereocenters. The van der Waals surface area contributed by atoms with Gasteiger partial charge in [-0.3, -0.25) is 9.59 Å². The van der Waals surface area contributed by atoms with Crippen LogP contribution < -0.4 is 0 Å². The maximum absolute atomic E-state index is 12.2. The van der Waals surface area contributed by atoms with Crippen LogP contribution in [0.25, 0.3) is 0 Å². The number of fused-ring (bicyclic) bond motifs is 1. The molecule has 0 aliphatic carbocycles. The van der Waals surface area contributed by atoms with E-state index in [1.54, 1.807) is 38.2 Å². The molecule has 0 saturated heterocycles. The minimum atomic E-state index is -0.643. The highest BCUT2D eigenvalue weighted by atomic mass is 16.5. The summed E-state index contributed by atoms with van der Waals surface area (Å²) in [4.78, 5) is 30.1. The lowest BCUT2D eigenvalue weighted by Gasteiger charge is -2.15. The molecular weight excluding hydrogens is 274 g/mol. The van der Waals surface area contributed by atoms with Gasteiger partial charge in [0, 0.05) is 7.05 Å². The van der Waals surface area contributed by atoms with Crippen molar-refractivity contribution >= 4 is 29.0 Å². The highest BCUT2D eigenvalue weighted by molar-refractivity contribution is 6.65. The fraction of sp³-hybridized carbons (Fsp3) is 0.286. The molecule has 1 aromatic carbocycles. The number of hydrogen-bond donors (Lipinski definition) is 1. The van der Waals surface area contributed by atoms with Crippen LogP contribution in [0, 0.1) is 0 Å². The highest BCUT2D eigenvalue weighted by Crippen LogP contribution is 2.23. The summed E-state index contributed by atoms with van der Waals surface area (Å²) in [6, 6.07) is 6.76. The molecule has 1 N–H and O–H groups in total. The number of hydrogen-bond acceptors (Lipinski definition) is 6. The fourth-order valence-corrected chi connectivity index (χ4v) is 1.96. The quantitative estimate of drug-likeness (QED) is 0.392. The number of ketones is 1. The van der Waals surface area contributed by atoms with Gasteiger partial charge >= 0.3 is 0 Å². The van der Waals surface area contributed by atoms with Crippen molar-refractivity contribution in [1.82, 2.24) is 4.90 Å². The monoisotopic (exact) mass is 289 g/mol. The summed E-state index contributed by atoms with van der Waals surface area (Å²) in [5.41, 5.74) is 0.905. The van der Waals surface area contributed by atoms with Crippen LogP contribution in [0.2, 0.25) is 0 Å². The van der Waals surface area contributed by atoms with Crippen molar-refractivity contribution in [1.29, 1.82) is 0 Å². The first-order valence-electron chi connectivity index (χ1n) is 6.40. The first kappa shape index (κ1) is 14.7. The van der Waals surface area contributed by atoms with Crippen LogP contribution in [0.3, 0.4) is 0 Å². The molecule has 0 saturated carbocycles. The molecule has 7 heteroatoms. The number of para-hydroxylation sites is 1. The number of carbonyl (C=O) groups is 2. The van der Waals surface area contributed by atoms with Gasteiger partial charge in [0.05, 0.1) is 24.4 Å². The predicted octanol–water partition coefficient (Wildman–Crippen LogP) is 1.24. The van der Waals surface area contributed by atoms with Crippen molar-refractivity contribution in [3.8, 4) is 0 Å². The van der Waals surface area contributed by atoms with Crippen molar-refractivity contribution in [3.05, 3.63) is 29.8 Å². The Kier molecular flexibility index (Phi) is 4.32. The first-order chi connectivity index (χ1) is 10.1. The number of amides is 1. The summed E-state index contributed by atoms with van der Waals surface area (Å²) in [5.74, 6) is -1.30. The Hall–Kier alpha value is -2.70. The molecule has 0 radical (unpaired) electrons. The first-order valence-corrected chi connectivity index (χ1v) is 6.40. The SMILES string of the molecule is CCOC(=NO)C(=O)C1=Nc2ccccc2C(=O)N(C)C1. The molecular formula is C14H15N3O4. The molecule has 7 nitrogen and oxygen atoms in total. The Bertz CT molecular complexity index is 637. The van der Waals surface area contributed by atoms with Crippen LogP contribution in [-0.4, -0.2) is 53.6 Å². The number of carbonyl (C=O) groups excluding carboxylic acids is 2. The maximum atomic E-state index is 12.2. The van der Waals surface area contributed by atoms with E-state index in [2.05, 4.69) is 10.1 Å². The Morgan fingerprint density at radius 3 is 2.86 bits per heavy atom. The van der Waals surface area contributed by atoms with E-state index in [-0.39, 0.29) is 24.8 Å².